The Labute approximate surface area is 126 Å². The average molecular weight is 311 g/mol. The van der Waals surface area contributed by atoms with Gasteiger partial charge in [0.2, 0.25) is 5.91 Å². The molecule has 1 saturated heterocycles. The smallest absolute Gasteiger partial charge is 0.329 e. The molecule has 0 aromatic heterocycles. The number of hydrogen-bond acceptors (Lipinski definition) is 4. The molecule has 0 spiro atoms. The molecule has 2 N–H and O–H groups in total. The lowest BCUT2D eigenvalue weighted by Crippen LogP contribution is -2.39. The highest BCUT2D eigenvalue weighted by atomic mass is 35.5. The van der Waals surface area contributed by atoms with Crippen LogP contribution in [0, 0.1) is 0 Å². The average Bonchev–Trinajstić information content (AvgIpc) is 2.88. The molecule has 1 heterocycles. The van der Waals surface area contributed by atoms with Gasteiger partial charge in [0.25, 0.3) is 5.91 Å². The summed E-state index contributed by atoms with van der Waals surface area (Å²) in [5.74, 6) is -1.23. The topological polar surface area (TPSA) is 84.5 Å². The minimum absolute atomic E-state index is 0.185. The maximum atomic E-state index is 11.9. The second kappa shape index (κ2) is 6.58. The van der Waals surface area contributed by atoms with Gasteiger partial charge in [0.1, 0.15) is 6.04 Å². The molecule has 2 rings (SSSR count). The number of carbonyl (C=O) groups excluding carboxylic acids is 3. The summed E-state index contributed by atoms with van der Waals surface area (Å²) in [5, 5.41) is 5.67. The van der Waals surface area contributed by atoms with E-state index in [9.17, 15) is 14.4 Å². The zero-order valence-corrected chi connectivity index (χ0v) is 12.1. The molecule has 1 aliphatic rings. The van der Waals surface area contributed by atoms with Crippen molar-refractivity contribution in [1.82, 2.24) is 5.32 Å². The number of amides is 2. The van der Waals surface area contributed by atoms with E-state index in [4.69, 9.17) is 16.3 Å². The van der Waals surface area contributed by atoms with E-state index in [1.54, 1.807) is 24.3 Å². The number of hydrogen-bond donors (Lipinski definition) is 2. The van der Waals surface area contributed by atoms with Gasteiger partial charge in [-0.1, -0.05) is 11.6 Å². The van der Waals surface area contributed by atoms with Gasteiger partial charge in [-0.15, -0.1) is 0 Å². The Morgan fingerprint density at radius 1 is 1.38 bits per heavy atom. The molecule has 6 nitrogen and oxygen atoms in total. The number of carbonyl (C=O) groups is 3. The van der Waals surface area contributed by atoms with Crippen molar-refractivity contribution in [3.05, 3.63) is 29.3 Å². The first-order valence-electron chi connectivity index (χ1n) is 6.52. The zero-order valence-electron chi connectivity index (χ0n) is 11.4. The first-order valence-corrected chi connectivity index (χ1v) is 6.90. The lowest BCUT2D eigenvalue weighted by molar-refractivity contribution is -0.155. The first-order chi connectivity index (χ1) is 9.95. The maximum absolute atomic E-state index is 11.9. The van der Waals surface area contributed by atoms with Crippen molar-refractivity contribution >= 4 is 35.1 Å². The highest BCUT2D eigenvalue weighted by Crippen LogP contribution is 2.14. The van der Waals surface area contributed by atoms with E-state index in [0.29, 0.717) is 23.6 Å². The number of esters is 1. The van der Waals surface area contributed by atoms with E-state index in [-0.39, 0.29) is 5.91 Å². The van der Waals surface area contributed by atoms with Crippen LogP contribution in [0.3, 0.4) is 0 Å². The summed E-state index contributed by atoms with van der Waals surface area (Å²) in [6.45, 7) is 1.47. The Kier molecular flexibility index (Phi) is 4.80. The molecule has 112 valence electrons. The Balaban J connectivity index is 1.86. The number of benzene rings is 1. The minimum Gasteiger partial charge on any atom is -0.451 e. The van der Waals surface area contributed by atoms with E-state index in [1.165, 1.54) is 6.92 Å². The SMILES string of the molecule is C[C@@H](OC(=O)[C@H]1CCC(=O)N1)C(=O)Nc1ccc(Cl)cc1. The summed E-state index contributed by atoms with van der Waals surface area (Å²) in [7, 11) is 0. The zero-order chi connectivity index (χ0) is 15.4. The van der Waals surface area contributed by atoms with Gasteiger partial charge in [0.15, 0.2) is 6.10 Å². The van der Waals surface area contributed by atoms with E-state index in [2.05, 4.69) is 10.6 Å². The fourth-order valence-corrected chi connectivity index (χ4v) is 2.00. The van der Waals surface area contributed by atoms with Gasteiger partial charge >= 0.3 is 5.97 Å². The van der Waals surface area contributed by atoms with Crippen LogP contribution in [-0.2, 0) is 19.1 Å². The number of rotatable bonds is 4. The molecule has 1 aromatic carbocycles. The lowest BCUT2D eigenvalue weighted by atomic mass is 10.2. The monoisotopic (exact) mass is 310 g/mol. The second-order valence-corrected chi connectivity index (χ2v) is 5.17. The normalized spacial score (nSPS) is 18.8. The lowest BCUT2D eigenvalue weighted by Gasteiger charge is -2.16. The Hall–Kier alpha value is -2.08. The predicted octanol–water partition coefficient (Wildman–Crippen LogP) is 1.49. The molecule has 0 radical (unpaired) electrons. The minimum atomic E-state index is -0.953. The van der Waals surface area contributed by atoms with Crippen molar-refractivity contribution < 1.29 is 19.1 Å². The largest absolute Gasteiger partial charge is 0.451 e. The van der Waals surface area contributed by atoms with Crippen molar-refractivity contribution in [1.29, 1.82) is 0 Å². The Morgan fingerprint density at radius 3 is 2.62 bits per heavy atom. The van der Waals surface area contributed by atoms with Gasteiger partial charge in [-0.05, 0) is 37.6 Å². The molecule has 1 fully saturated rings. The second-order valence-electron chi connectivity index (χ2n) is 4.73. The van der Waals surface area contributed by atoms with E-state index >= 15 is 0 Å². The van der Waals surface area contributed by atoms with Gasteiger partial charge in [-0.2, -0.15) is 0 Å². The van der Waals surface area contributed by atoms with Crippen molar-refractivity contribution in [2.45, 2.75) is 31.9 Å². The van der Waals surface area contributed by atoms with Crippen LogP contribution in [0.4, 0.5) is 5.69 Å². The van der Waals surface area contributed by atoms with Crippen molar-refractivity contribution in [3.63, 3.8) is 0 Å². The van der Waals surface area contributed by atoms with Crippen molar-refractivity contribution in [2.75, 3.05) is 5.32 Å². The fourth-order valence-electron chi connectivity index (χ4n) is 1.88. The third-order valence-corrected chi connectivity index (χ3v) is 3.31. The summed E-state index contributed by atoms with van der Waals surface area (Å²) >= 11 is 5.75. The van der Waals surface area contributed by atoms with Gasteiger partial charge in [-0.3, -0.25) is 9.59 Å². The van der Waals surface area contributed by atoms with Crippen molar-refractivity contribution in [3.8, 4) is 0 Å². The Morgan fingerprint density at radius 2 is 2.05 bits per heavy atom. The molecule has 2 amide bonds. The highest BCUT2D eigenvalue weighted by molar-refractivity contribution is 6.30. The van der Waals surface area contributed by atoms with E-state index in [1.807, 2.05) is 0 Å². The third kappa shape index (κ3) is 4.19. The fraction of sp³-hybridized carbons (Fsp3) is 0.357. The standard InChI is InChI=1S/C14H15ClN2O4/c1-8(21-14(20)11-6-7-12(18)17-11)13(19)16-10-4-2-9(15)3-5-10/h2-5,8,11H,6-7H2,1H3,(H,16,19)(H,17,18)/t8-,11-/m1/s1. The molecule has 0 unspecified atom stereocenters. The molecule has 1 aliphatic heterocycles. The Bertz CT molecular complexity index is 559. The van der Waals surface area contributed by atoms with Crippen LogP contribution in [0.5, 0.6) is 0 Å². The number of nitrogens with one attached hydrogen (secondary N) is 2. The van der Waals surface area contributed by atoms with Crippen LogP contribution in [0.25, 0.3) is 0 Å². The van der Waals surface area contributed by atoms with Gasteiger partial charge in [-0.25, -0.2) is 4.79 Å². The first kappa shape index (κ1) is 15.3. The predicted molar refractivity (Wildman–Crippen MR) is 76.8 cm³/mol. The molecule has 0 bridgehead atoms. The van der Waals surface area contributed by atoms with Crippen molar-refractivity contribution in [2.24, 2.45) is 0 Å². The maximum Gasteiger partial charge on any atom is 0.329 e. The van der Waals surface area contributed by atoms with Crippen LogP contribution in [-0.4, -0.2) is 29.9 Å². The molecule has 0 aliphatic carbocycles. The van der Waals surface area contributed by atoms with Crippen LogP contribution in [0.1, 0.15) is 19.8 Å². The third-order valence-electron chi connectivity index (χ3n) is 3.05. The molecular weight excluding hydrogens is 296 g/mol. The molecular formula is C14H15ClN2O4. The van der Waals surface area contributed by atoms with Crippen LogP contribution < -0.4 is 10.6 Å². The summed E-state index contributed by atoms with van der Waals surface area (Å²) in [6.07, 6.45) is -0.264. The highest BCUT2D eigenvalue weighted by Gasteiger charge is 2.30. The molecule has 0 saturated carbocycles. The van der Waals surface area contributed by atoms with Crippen LogP contribution in [0.2, 0.25) is 5.02 Å². The molecule has 7 heteroatoms. The van der Waals surface area contributed by atoms with Gasteiger partial charge in [0.05, 0.1) is 0 Å². The summed E-state index contributed by atoms with van der Waals surface area (Å²) in [6, 6.07) is 5.91. The van der Waals surface area contributed by atoms with Crippen LogP contribution >= 0.6 is 11.6 Å². The number of anilines is 1. The molecule has 1 aromatic rings. The van der Waals surface area contributed by atoms with Gasteiger partial charge in [0, 0.05) is 17.1 Å². The van der Waals surface area contributed by atoms with E-state index < -0.39 is 24.0 Å². The summed E-state index contributed by atoms with van der Waals surface area (Å²) in [4.78, 5) is 34.7. The summed E-state index contributed by atoms with van der Waals surface area (Å²) in [5.41, 5.74) is 0.557. The summed E-state index contributed by atoms with van der Waals surface area (Å²) < 4.78 is 5.05. The molecule has 2 atom stereocenters. The number of halogens is 1. The number of ether oxygens (including phenoxy) is 1. The quantitative estimate of drug-likeness (QED) is 0.825. The van der Waals surface area contributed by atoms with Gasteiger partial charge < -0.3 is 15.4 Å². The van der Waals surface area contributed by atoms with E-state index in [0.717, 1.165) is 0 Å². The van der Waals surface area contributed by atoms with Crippen LogP contribution in [0.15, 0.2) is 24.3 Å². The molecule has 21 heavy (non-hydrogen) atoms.